The summed E-state index contributed by atoms with van der Waals surface area (Å²) < 4.78 is 27.4. The van der Waals surface area contributed by atoms with Gasteiger partial charge in [0.2, 0.25) is 0 Å². The van der Waals surface area contributed by atoms with E-state index in [9.17, 15) is 13.2 Å². The third-order valence-corrected chi connectivity index (χ3v) is 4.65. The normalized spacial score (nSPS) is 20.8. The maximum atomic E-state index is 11.9. The second kappa shape index (κ2) is 6.46. The fourth-order valence-electron chi connectivity index (χ4n) is 1.75. The van der Waals surface area contributed by atoms with Crippen molar-refractivity contribution in [1.29, 1.82) is 0 Å². The van der Waals surface area contributed by atoms with Crippen LogP contribution >= 0.6 is 0 Å². The van der Waals surface area contributed by atoms with Gasteiger partial charge in [-0.2, -0.15) is 12.7 Å². The van der Waals surface area contributed by atoms with Crippen LogP contribution in [-0.4, -0.2) is 55.1 Å². The number of nitrogens with one attached hydrogen (secondary N) is 1. The number of carboxylic acids is 1. The molecule has 1 aliphatic rings. The Kier molecular flexibility index (Phi) is 5.51. The molecule has 7 nitrogen and oxygen atoms in total. The molecule has 8 heteroatoms. The van der Waals surface area contributed by atoms with Crippen LogP contribution in [0.5, 0.6) is 0 Å². The summed E-state index contributed by atoms with van der Waals surface area (Å²) in [7, 11) is -3.56. The first kappa shape index (κ1) is 15.4. The zero-order valence-corrected chi connectivity index (χ0v) is 11.2. The van der Waals surface area contributed by atoms with E-state index in [0.717, 1.165) is 0 Å². The molecule has 0 spiro atoms. The molecule has 0 aromatic rings. The fraction of sp³-hybridized carbons (Fsp3) is 0.900. The predicted molar refractivity (Wildman–Crippen MR) is 65.1 cm³/mol. The zero-order chi connectivity index (χ0) is 13.8. The van der Waals surface area contributed by atoms with E-state index in [-0.39, 0.29) is 32.2 Å². The molecule has 106 valence electrons. The van der Waals surface area contributed by atoms with Crippen LogP contribution in [0.3, 0.4) is 0 Å². The van der Waals surface area contributed by atoms with E-state index in [1.54, 1.807) is 6.92 Å². The molecule has 18 heavy (non-hydrogen) atoms. The number of aliphatic carboxylic acids is 1. The van der Waals surface area contributed by atoms with Gasteiger partial charge in [-0.05, 0) is 18.8 Å². The fourth-order valence-corrected chi connectivity index (χ4v) is 3.12. The smallest absolute Gasteiger partial charge is 0.306 e. The van der Waals surface area contributed by atoms with Crippen molar-refractivity contribution in [3.63, 3.8) is 0 Å². The van der Waals surface area contributed by atoms with Crippen LogP contribution in [0, 0.1) is 11.8 Å². The molecular formula is C10H20N2O5S. The van der Waals surface area contributed by atoms with Gasteiger partial charge in [-0.3, -0.25) is 4.79 Å². The lowest BCUT2D eigenvalue weighted by molar-refractivity contribution is -0.142. The summed E-state index contributed by atoms with van der Waals surface area (Å²) in [6.07, 6.45) is 0.678. The molecule has 1 rings (SSSR count). The number of piperidine rings is 1. The molecule has 0 aromatic carbocycles. The summed E-state index contributed by atoms with van der Waals surface area (Å²) in [5.74, 6) is -1.46. The van der Waals surface area contributed by atoms with Crippen molar-refractivity contribution in [1.82, 2.24) is 9.03 Å². The van der Waals surface area contributed by atoms with Gasteiger partial charge in [-0.15, -0.1) is 0 Å². The lowest BCUT2D eigenvalue weighted by atomic mass is 9.99. The second-order valence-electron chi connectivity index (χ2n) is 4.65. The molecule has 1 saturated heterocycles. The van der Waals surface area contributed by atoms with E-state index >= 15 is 0 Å². The highest BCUT2D eigenvalue weighted by Crippen LogP contribution is 2.19. The minimum absolute atomic E-state index is 0.0798. The number of hydrogen-bond donors (Lipinski definition) is 3. The van der Waals surface area contributed by atoms with E-state index in [2.05, 4.69) is 4.72 Å². The summed E-state index contributed by atoms with van der Waals surface area (Å²) in [5, 5.41) is 17.6. The van der Waals surface area contributed by atoms with Gasteiger partial charge >= 0.3 is 5.97 Å². The maximum absolute atomic E-state index is 11.9. The Hall–Kier alpha value is -0.700. The molecule has 1 unspecified atom stereocenters. The number of rotatable bonds is 6. The number of nitrogens with zero attached hydrogens (tertiary/aromatic N) is 1. The first-order valence-corrected chi connectivity index (χ1v) is 7.39. The maximum Gasteiger partial charge on any atom is 0.306 e. The third kappa shape index (κ3) is 4.20. The Balaban J connectivity index is 2.48. The summed E-state index contributed by atoms with van der Waals surface area (Å²) in [6, 6.07) is 0. The lowest BCUT2D eigenvalue weighted by Gasteiger charge is -2.29. The monoisotopic (exact) mass is 280 g/mol. The van der Waals surface area contributed by atoms with Crippen LogP contribution < -0.4 is 4.72 Å². The average molecular weight is 280 g/mol. The van der Waals surface area contributed by atoms with Gasteiger partial charge in [0.25, 0.3) is 10.2 Å². The Morgan fingerprint density at radius 2 is 2.00 bits per heavy atom. The quantitative estimate of drug-likeness (QED) is 0.593. The van der Waals surface area contributed by atoms with Crippen molar-refractivity contribution in [2.75, 3.05) is 26.2 Å². The van der Waals surface area contributed by atoms with E-state index < -0.39 is 22.1 Å². The van der Waals surface area contributed by atoms with Gasteiger partial charge in [-0.1, -0.05) is 6.92 Å². The van der Waals surface area contributed by atoms with Gasteiger partial charge in [0, 0.05) is 26.2 Å². The Bertz CT molecular complexity index is 376. The predicted octanol–water partition coefficient (Wildman–Crippen LogP) is -0.754. The lowest BCUT2D eigenvalue weighted by Crippen LogP contribution is -2.47. The Labute approximate surface area is 107 Å². The van der Waals surface area contributed by atoms with Crippen LogP contribution in [0.25, 0.3) is 0 Å². The van der Waals surface area contributed by atoms with Crippen LogP contribution in [0.15, 0.2) is 0 Å². The summed E-state index contributed by atoms with van der Waals surface area (Å²) in [4.78, 5) is 10.8. The number of hydrogen-bond acceptors (Lipinski definition) is 4. The van der Waals surface area contributed by atoms with Crippen molar-refractivity contribution in [3.8, 4) is 0 Å². The summed E-state index contributed by atoms with van der Waals surface area (Å²) in [5.41, 5.74) is 0. The first-order chi connectivity index (χ1) is 8.36. The molecular weight excluding hydrogens is 260 g/mol. The van der Waals surface area contributed by atoms with Crippen LogP contribution in [0.2, 0.25) is 0 Å². The number of carbonyl (C=O) groups is 1. The van der Waals surface area contributed by atoms with Crippen LogP contribution in [0.1, 0.15) is 19.8 Å². The molecule has 1 heterocycles. The minimum atomic E-state index is -3.56. The van der Waals surface area contributed by atoms with Crippen LogP contribution in [0.4, 0.5) is 0 Å². The third-order valence-electron chi connectivity index (χ3n) is 3.07. The largest absolute Gasteiger partial charge is 0.481 e. The Morgan fingerprint density at radius 1 is 1.44 bits per heavy atom. The van der Waals surface area contributed by atoms with Gasteiger partial charge < -0.3 is 10.2 Å². The topological polar surface area (TPSA) is 107 Å². The molecule has 0 aromatic heterocycles. The SMILES string of the molecule is CC(CO)CNS(=O)(=O)N1CCC(C(=O)O)CC1. The van der Waals surface area contributed by atoms with Crippen molar-refractivity contribution in [2.24, 2.45) is 11.8 Å². The molecule has 0 saturated carbocycles. The van der Waals surface area contributed by atoms with Gasteiger partial charge in [0.1, 0.15) is 0 Å². The average Bonchev–Trinajstić information content (AvgIpc) is 2.36. The van der Waals surface area contributed by atoms with Gasteiger partial charge in [0.15, 0.2) is 0 Å². The molecule has 0 bridgehead atoms. The number of carboxylic acid groups (broad SMARTS) is 1. The van der Waals surface area contributed by atoms with E-state index in [1.165, 1.54) is 4.31 Å². The zero-order valence-electron chi connectivity index (χ0n) is 10.4. The standard InChI is InChI=1S/C10H20N2O5S/c1-8(7-13)6-11-18(16,17)12-4-2-9(3-5-12)10(14)15/h8-9,11,13H,2-7H2,1H3,(H,14,15). The Morgan fingerprint density at radius 3 is 2.44 bits per heavy atom. The number of aliphatic hydroxyl groups is 1. The molecule has 0 radical (unpaired) electrons. The highest BCUT2D eigenvalue weighted by molar-refractivity contribution is 7.87. The molecule has 0 amide bonds. The van der Waals surface area contributed by atoms with Gasteiger partial charge in [0.05, 0.1) is 5.92 Å². The van der Waals surface area contributed by atoms with Crippen LogP contribution in [-0.2, 0) is 15.0 Å². The molecule has 1 fully saturated rings. The van der Waals surface area contributed by atoms with Crippen molar-refractivity contribution < 1.29 is 23.4 Å². The second-order valence-corrected chi connectivity index (χ2v) is 6.41. The summed E-state index contributed by atoms with van der Waals surface area (Å²) >= 11 is 0. The summed E-state index contributed by atoms with van der Waals surface area (Å²) in [6.45, 7) is 2.28. The highest BCUT2D eigenvalue weighted by atomic mass is 32.2. The molecule has 1 aliphatic heterocycles. The van der Waals surface area contributed by atoms with Crippen molar-refractivity contribution in [2.45, 2.75) is 19.8 Å². The molecule has 1 atom stereocenters. The van der Waals surface area contributed by atoms with E-state index in [0.29, 0.717) is 12.8 Å². The van der Waals surface area contributed by atoms with Crippen molar-refractivity contribution >= 4 is 16.2 Å². The van der Waals surface area contributed by atoms with E-state index in [1.807, 2.05) is 0 Å². The molecule has 3 N–H and O–H groups in total. The van der Waals surface area contributed by atoms with Crippen molar-refractivity contribution in [3.05, 3.63) is 0 Å². The van der Waals surface area contributed by atoms with Gasteiger partial charge in [-0.25, -0.2) is 4.72 Å². The first-order valence-electron chi connectivity index (χ1n) is 5.95. The highest BCUT2D eigenvalue weighted by Gasteiger charge is 2.30. The number of aliphatic hydroxyl groups excluding tert-OH is 1. The van der Waals surface area contributed by atoms with E-state index in [4.69, 9.17) is 10.2 Å². The minimum Gasteiger partial charge on any atom is -0.481 e. The molecule has 0 aliphatic carbocycles.